The number of aromatic amines is 2. The molecule has 0 saturated carbocycles. The van der Waals surface area contributed by atoms with Crippen LogP contribution >= 0.6 is 24.8 Å². The second kappa shape index (κ2) is 7.95. The van der Waals surface area contributed by atoms with E-state index in [1.165, 1.54) is 11.3 Å². The number of hydrogen-bond donors (Lipinski definition) is 2. The second-order valence-electron chi connectivity index (χ2n) is 7.01. The molecular weight excluding hydrogens is 397 g/mol. The molecule has 0 spiro atoms. The Hall–Kier alpha value is -2.35. The van der Waals surface area contributed by atoms with Gasteiger partial charge in [-0.25, -0.2) is 9.97 Å². The molecule has 1 fully saturated rings. The number of likely N-dealkylation sites (N-methyl/N-ethyl adjacent to an activating group) is 1. The molecule has 4 heterocycles. The van der Waals surface area contributed by atoms with Crippen molar-refractivity contribution in [3.05, 3.63) is 36.0 Å². The average Bonchev–Trinajstić information content (AvgIpc) is 3.26. The molecule has 1 aromatic carbocycles. The van der Waals surface area contributed by atoms with Gasteiger partial charge in [0.05, 0.1) is 11.0 Å². The maximum Gasteiger partial charge on any atom is 0.181 e. The topological polar surface area (TPSA) is 76.7 Å². The summed E-state index contributed by atoms with van der Waals surface area (Å²) in [6.45, 7) is 6.43. The van der Waals surface area contributed by atoms with Crippen LogP contribution in [0.1, 0.15) is 5.56 Å². The number of anilines is 1. The van der Waals surface area contributed by atoms with Crippen molar-refractivity contribution >= 4 is 52.6 Å². The van der Waals surface area contributed by atoms with E-state index in [1.54, 1.807) is 6.20 Å². The Morgan fingerprint density at radius 2 is 1.86 bits per heavy atom. The summed E-state index contributed by atoms with van der Waals surface area (Å²) in [6, 6.07) is 8.38. The predicted octanol–water partition coefficient (Wildman–Crippen LogP) is 3.41. The Balaban J connectivity index is 0.00000112. The summed E-state index contributed by atoms with van der Waals surface area (Å²) in [6.07, 6.45) is 1.75. The number of fused-ring (bicyclic) bond motifs is 2. The second-order valence-corrected chi connectivity index (χ2v) is 7.01. The van der Waals surface area contributed by atoms with E-state index >= 15 is 0 Å². The zero-order valence-corrected chi connectivity index (χ0v) is 17.4. The lowest BCUT2D eigenvalue weighted by Gasteiger charge is -2.34. The lowest BCUT2D eigenvalue weighted by atomic mass is 10.1. The predicted molar refractivity (Wildman–Crippen MR) is 118 cm³/mol. The molecule has 28 heavy (non-hydrogen) atoms. The molecule has 0 bridgehead atoms. The number of rotatable bonds is 2. The highest BCUT2D eigenvalue weighted by Crippen LogP contribution is 2.29. The average molecular weight is 420 g/mol. The van der Waals surface area contributed by atoms with Crippen molar-refractivity contribution in [1.82, 2.24) is 30.0 Å². The van der Waals surface area contributed by atoms with Gasteiger partial charge < -0.3 is 14.8 Å². The Morgan fingerprint density at radius 3 is 2.64 bits per heavy atom. The SMILES string of the molecule is Cc1cc(N2CCN(C)CC2)cc2[nH]c(-c3[nH]nc4ncccc34)nc12.Cl.Cl. The van der Waals surface area contributed by atoms with Gasteiger partial charge in [0.15, 0.2) is 11.5 Å². The summed E-state index contributed by atoms with van der Waals surface area (Å²) < 4.78 is 0. The molecule has 1 aliphatic rings. The lowest BCUT2D eigenvalue weighted by molar-refractivity contribution is 0.313. The molecule has 7 nitrogen and oxygen atoms in total. The van der Waals surface area contributed by atoms with Crippen molar-refractivity contribution < 1.29 is 0 Å². The van der Waals surface area contributed by atoms with Gasteiger partial charge in [0.25, 0.3) is 0 Å². The molecular formula is C19H23Cl2N7. The fraction of sp³-hybridized carbons (Fsp3) is 0.316. The van der Waals surface area contributed by atoms with E-state index in [4.69, 9.17) is 4.98 Å². The summed E-state index contributed by atoms with van der Waals surface area (Å²) >= 11 is 0. The maximum absolute atomic E-state index is 4.82. The molecule has 0 radical (unpaired) electrons. The number of H-pyrrole nitrogens is 2. The van der Waals surface area contributed by atoms with Gasteiger partial charge in [-0.15, -0.1) is 24.8 Å². The first-order valence-corrected chi connectivity index (χ1v) is 8.92. The number of imidazole rings is 1. The normalized spacial score (nSPS) is 14.9. The zero-order chi connectivity index (χ0) is 17.7. The summed E-state index contributed by atoms with van der Waals surface area (Å²) in [5.74, 6) is 0.800. The minimum atomic E-state index is 0. The number of benzene rings is 1. The van der Waals surface area contributed by atoms with E-state index in [1.807, 2.05) is 12.1 Å². The van der Waals surface area contributed by atoms with Gasteiger partial charge in [0.1, 0.15) is 5.69 Å². The van der Waals surface area contributed by atoms with Crippen LogP contribution in [0.15, 0.2) is 30.5 Å². The van der Waals surface area contributed by atoms with Gasteiger partial charge >= 0.3 is 0 Å². The van der Waals surface area contributed by atoms with Crippen LogP contribution in [0.2, 0.25) is 0 Å². The third-order valence-electron chi connectivity index (χ3n) is 5.20. The first-order chi connectivity index (χ1) is 12.7. The molecule has 3 aromatic heterocycles. The molecule has 0 atom stereocenters. The van der Waals surface area contributed by atoms with Crippen LogP contribution in [0.3, 0.4) is 0 Å². The molecule has 9 heteroatoms. The van der Waals surface area contributed by atoms with Gasteiger partial charge in [-0.05, 0) is 43.8 Å². The Bertz CT molecular complexity index is 1100. The molecule has 4 aromatic rings. The monoisotopic (exact) mass is 419 g/mol. The third kappa shape index (κ3) is 3.41. The largest absolute Gasteiger partial charge is 0.369 e. The number of piperazine rings is 1. The first-order valence-electron chi connectivity index (χ1n) is 8.92. The van der Waals surface area contributed by atoms with Crippen molar-refractivity contribution in [2.75, 3.05) is 38.1 Å². The summed E-state index contributed by atoms with van der Waals surface area (Å²) in [5, 5.41) is 8.32. The maximum atomic E-state index is 4.82. The minimum Gasteiger partial charge on any atom is -0.369 e. The Labute approximate surface area is 175 Å². The number of aryl methyl sites for hydroxylation is 1. The molecule has 0 unspecified atom stereocenters. The molecule has 2 N–H and O–H groups in total. The van der Waals surface area contributed by atoms with Gasteiger partial charge in [-0.1, -0.05) is 0 Å². The first kappa shape index (κ1) is 20.4. The van der Waals surface area contributed by atoms with Gasteiger partial charge in [-0.3, -0.25) is 5.10 Å². The number of hydrogen-bond acceptors (Lipinski definition) is 5. The fourth-order valence-electron chi connectivity index (χ4n) is 3.67. The van der Waals surface area contributed by atoms with Gasteiger partial charge in [0, 0.05) is 43.4 Å². The third-order valence-corrected chi connectivity index (χ3v) is 5.20. The smallest absolute Gasteiger partial charge is 0.181 e. The van der Waals surface area contributed by atoms with E-state index in [-0.39, 0.29) is 24.8 Å². The number of nitrogens with one attached hydrogen (secondary N) is 2. The highest BCUT2D eigenvalue weighted by molar-refractivity contribution is 5.92. The van der Waals surface area contributed by atoms with Crippen molar-refractivity contribution in [3.63, 3.8) is 0 Å². The summed E-state index contributed by atoms with van der Waals surface area (Å²) in [7, 11) is 2.18. The standard InChI is InChI=1S/C19H21N7.2ClH/c1-12-10-13(26-8-6-25(2)7-9-26)11-15-16(12)22-19(21-15)17-14-4-3-5-20-18(14)24-23-17;;/h3-5,10-11H,6-9H2,1-2H3,(H,21,22)(H,20,23,24);2*1H. The Kier molecular flexibility index (Phi) is 5.79. The molecule has 1 aliphatic heterocycles. The van der Waals surface area contributed by atoms with Crippen LogP contribution in [-0.4, -0.2) is 63.3 Å². The van der Waals surface area contributed by atoms with Crippen molar-refractivity contribution in [2.45, 2.75) is 6.92 Å². The van der Waals surface area contributed by atoms with Crippen molar-refractivity contribution in [2.24, 2.45) is 0 Å². The van der Waals surface area contributed by atoms with E-state index in [9.17, 15) is 0 Å². The van der Waals surface area contributed by atoms with Crippen LogP contribution in [0, 0.1) is 6.92 Å². The number of halogens is 2. The van der Waals surface area contributed by atoms with Crippen LogP contribution in [-0.2, 0) is 0 Å². The van der Waals surface area contributed by atoms with E-state index in [0.717, 1.165) is 54.1 Å². The van der Waals surface area contributed by atoms with Crippen LogP contribution in [0.5, 0.6) is 0 Å². The minimum absolute atomic E-state index is 0. The van der Waals surface area contributed by atoms with Crippen LogP contribution in [0.25, 0.3) is 33.6 Å². The Morgan fingerprint density at radius 1 is 1.07 bits per heavy atom. The van der Waals surface area contributed by atoms with Crippen molar-refractivity contribution in [3.8, 4) is 11.5 Å². The summed E-state index contributed by atoms with van der Waals surface area (Å²) in [5.41, 5.74) is 6.09. The van der Waals surface area contributed by atoms with Crippen LogP contribution < -0.4 is 4.90 Å². The number of nitrogens with zero attached hydrogens (tertiary/aromatic N) is 5. The summed E-state index contributed by atoms with van der Waals surface area (Å²) in [4.78, 5) is 17.4. The van der Waals surface area contributed by atoms with Gasteiger partial charge in [-0.2, -0.15) is 5.10 Å². The molecule has 148 valence electrons. The number of pyridine rings is 1. The quantitative estimate of drug-likeness (QED) is 0.520. The fourth-order valence-corrected chi connectivity index (χ4v) is 3.67. The molecule has 1 saturated heterocycles. The van der Waals surface area contributed by atoms with E-state index in [2.05, 4.69) is 56.1 Å². The molecule has 0 aliphatic carbocycles. The highest BCUT2D eigenvalue weighted by Gasteiger charge is 2.18. The van der Waals surface area contributed by atoms with E-state index in [0.29, 0.717) is 5.65 Å². The lowest BCUT2D eigenvalue weighted by Crippen LogP contribution is -2.44. The molecule has 5 rings (SSSR count). The number of aromatic nitrogens is 5. The zero-order valence-electron chi connectivity index (χ0n) is 15.8. The van der Waals surface area contributed by atoms with Gasteiger partial charge in [0.2, 0.25) is 0 Å². The molecule has 0 amide bonds. The van der Waals surface area contributed by atoms with E-state index < -0.39 is 0 Å². The van der Waals surface area contributed by atoms with Crippen LogP contribution in [0.4, 0.5) is 5.69 Å². The van der Waals surface area contributed by atoms with Crippen molar-refractivity contribution in [1.29, 1.82) is 0 Å². The highest BCUT2D eigenvalue weighted by atomic mass is 35.5.